The van der Waals surface area contributed by atoms with E-state index in [1.165, 1.54) is 24.3 Å². The van der Waals surface area contributed by atoms with Crippen LogP contribution in [0.3, 0.4) is 0 Å². The van der Waals surface area contributed by atoms with Crippen LogP contribution in [-0.2, 0) is 0 Å². The monoisotopic (exact) mass is 347 g/mol. The summed E-state index contributed by atoms with van der Waals surface area (Å²) in [6.07, 6.45) is 1.07. The van der Waals surface area contributed by atoms with Gasteiger partial charge in [-0.15, -0.1) is 0 Å². The van der Waals surface area contributed by atoms with Crippen molar-refractivity contribution in [2.75, 3.05) is 17.3 Å². The van der Waals surface area contributed by atoms with Crippen LogP contribution in [0, 0.1) is 20.2 Å². The molecule has 0 bridgehead atoms. The number of aromatic nitrogens is 2. The molecule has 0 saturated heterocycles. The van der Waals surface area contributed by atoms with E-state index in [9.17, 15) is 25.0 Å². The van der Waals surface area contributed by atoms with Crippen LogP contribution in [0.25, 0.3) is 0 Å². The summed E-state index contributed by atoms with van der Waals surface area (Å²) in [5, 5.41) is 24.9. The Balaban J connectivity index is 2.25. The number of carbonyl (C=O) groups is 1. The Hall–Kier alpha value is -3.83. The smallest absolute Gasteiger partial charge is 0.354 e. The van der Waals surface area contributed by atoms with Crippen LogP contribution in [-0.4, -0.2) is 32.3 Å². The molecule has 3 N–H and O–H groups in total. The van der Waals surface area contributed by atoms with Crippen LogP contribution < -0.4 is 16.2 Å². The molecule has 0 saturated carbocycles. The minimum absolute atomic E-state index is 0.0232. The number of benzene rings is 1. The molecule has 1 aromatic carbocycles. The normalized spacial score (nSPS) is 9.96. The molecule has 130 valence electrons. The number of amides is 1. The number of nitrogens with one attached hydrogen (secondary N) is 3. The Morgan fingerprint density at radius 3 is 2.44 bits per heavy atom. The first kappa shape index (κ1) is 17.5. The molecule has 2 aromatic rings. The van der Waals surface area contributed by atoms with Crippen LogP contribution in [0.15, 0.2) is 30.6 Å². The maximum Gasteiger partial charge on any atom is 0.354 e. The highest BCUT2D eigenvalue weighted by atomic mass is 16.6. The van der Waals surface area contributed by atoms with Crippen molar-refractivity contribution in [1.29, 1.82) is 0 Å². The molecule has 0 atom stereocenters. The second-order valence-corrected chi connectivity index (χ2v) is 4.56. The number of anilines is 2. The summed E-state index contributed by atoms with van der Waals surface area (Å²) in [7, 11) is 0. The molecule has 2 rings (SSSR count). The molecule has 12 heteroatoms. The van der Waals surface area contributed by atoms with E-state index in [1.807, 2.05) is 0 Å². The molecule has 12 nitrogen and oxygen atoms in total. The molecule has 1 heterocycles. The number of hydrazine groups is 1. The van der Waals surface area contributed by atoms with Gasteiger partial charge in [0, 0.05) is 12.6 Å². The molecule has 1 aromatic heterocycles. The van der Waals surface area contributed by atoms with E-state index in [0.717, 1.165) is 6.33 Å². The minimum Gasteiger partial charge on any atom is -0.364 e. The summed E-state index contributed by atoms with van der Waals surface area (Å²) in [5.41, 5.74) is 3.40. The molecule has 0 aliphatic rings. The first-order valence-corrected chi connectivity index (χ1v) is 6.98. The number of para-hydroxylation sites is 1. The highest BCUT2D eigenvalue weighted by Gasteiger charge is 2.24. The van der Waals surface area contributed by atoms with Gasteiger partial charge >= 0.3 is 5.69 Å². The zero-order chi connectivity index (χ0) is 18.4. The van der Waals surface area contributed by atoms with Gasteiger partial charge in [-0.1, -0.05) is 12.1 Å². The maximum absolute atomic E-state index is 12.1. The number of nitro benzene ring substituents is 1. The van der Waals surface area contributed by atoms with Crippen LogP contribution in [0.2, 0.25) is 0 Å². The van der Waals surface area contributed by atoms with Crippen molar-refractivity contribution in [3.63, 3.8) is 0 Å². The molecule has 0 aliphatic heterocycles. The van der Waals surface area contributed by atoms with Gasteiger partial charge in [-0.05, 0) is 13.0 Å². The van der Waals surface area contributed by atoms with Gasteiger partial charge < -0.3 is 5.32 Å². The lowest BCUT2D eigenvalue weighted by atomic mass is 10.2. The topological polar surface area (TPSA) is 165 Å². The summed E-state index contributed by atoms with van der Waals surface area (Å²) in [5.74, 6) is -1.13. The van der Waals surface area contributed by atoms with E-state index in [0.29, 0.717) is 6.54 Å². The zero-order valence-corrected chi connectivity index (χ0v) is 12.9. The third-order valence-corrected chi connectivity index (χ3v) is 2.99. The fourth-order valence-electron chi connectivity index (χ4n) is 1.95. The van der Waals surface area contributed by atoms with Crippen molar-refractivity contribution in [2.24, 2.45) is 0 Å². The summed E-state index contributed by atoms with van der Waals surface area (Å²) in [6.45, 7) is 2.12. The van der Waals surface area contributed by atoms with Gasteiger partial charge in [0.2, 0.25) is 11.6 Å². The summed E-state index contributed by atoms with van der Waals surface area (Å²) >= 11 is 0. The third kappa shape index (κ3) is 3.93. The average molecular weight is 347 g/mol. The zero-order valence-electron chi connectivity index (χ0n) is 12.9. The lowest BCUT2D eigenvalue weighted by molar-refractivity contribution is -0.385. The lowest BCUT2D eigenvalue weighted by Crippen LogP contribution is -2.31. The van der Waals surface area contributed by atoms with E-state index >= 15 is 0 Å². The van der Waals surface area contributed by atoms with Crippen molar-refractivity contribution in [1.82, 2.24) is 15.4 Å². The fourth-order valence-corrected chi connectivity index (χ4v) is 1.95. The molecule has 0 fully saturated rings. The van der Waals surface area contributed by atoms with Crippen LogP contribution >= 0.6 is 0 Å². The van der Waals surface area contributed by atoms with E-state index < -0.39 is 27.1 Å². The molecule has 0 aliphatic carbocycles. The quantitative estimate of drug-likeness (QED) is 0.496. The minimum atomic E-state index is -0.842. The number of rotatable bonds is 7. The SMILES string of the molecule is CCNc1ncnc(NNC(=O)c2ccccc2[N+](=O)[O-])c1[N+](=O)[O-]. The van der Waals surface area contributed by atoms with Gasteiger partial charge in [0.15, 0.2) is 0 Å². The lowest BCUT2D eigenvalue weighted by Gasteiger charge is -2.10. The third-order valence-electron chi connectivity index (χ3n) is 2.99. The highest BCUT2D eigenvalue weighted by Crippen LogP contribution is 2.28. The van der Waals surface area contributed by atoms with Crippen LogP contribution in [0.1, 0.15) is 17.3 Å². The standard InChI is InChI=1S/C13H13N7O5/c1-2-14-11-10(20(24)25)12(16-7-15-11)17-18-13(21)8-5-3-4-6-9(8)19(22)23/h3-7H,2H2,1H3,(H,18,21)(H2,14,15,16,17). The van der Waals surface area contributed by atoms with E-state index in [-0.39, 0.29) is 17.2 Å². The van der Waals surface area contributed by atoms with Gasteiger partial charge in [0.25, 0.3) is 11.6 Å². The van der Waals surface area contributed by atoms with Crippen molar-refractivity contribution in [2.45, 2.75) is 6.92 Å². The Morgan fingerprint density at radius 1 is 1.12 bits per heavy atom. The number of carbonyl (C=O) groups excluding carboxylic acids is 1. The van der Waals surface area contributed by atoms with Gasteiger partial charge in [0.1, 0.15) is 11.9 Å². The van der Waals surface area contributed by atoms with E-state index in [4.69, 9.17) is 0 Å². The number of nitrogens with zero attached hydrogens (tertiary/aromatic N) is 4. The Labute approximate surface area is 140 Å². The number of hydrogen-bond donors (Lipinski definition) is 3. The maximum atomic E-state index is 12.1. The highest BCUT2D eigenvalue weighted by molar-refractivity contribution is 5.98. The van der Waals surface area contributed by atoms with Gasteiger partial charge in [-0.3, -0.25) is 35.9 Å². The first-order chi connectivity index (χ1) is 12.0. The molecule has 25 heavy (non-hydrogen) atoms. The predicted octanol–water partition coefficient (Wildman–Crippen LogP) is 1.48. The molecule has 0 unspecified atom stereocenters. The molecular formula is C13H13N7O5. The Morgan fingerprint density at radius 2 is 1.80 bits per heavy atom. The van der Waals surface area contributed by atoms with E-state index in [1.54, 1.807) is 6.92 Å². The number of hydrogen-bond acceptors (Lipinski definition) is 9. The van der Waals surface area contributed by atoms with Crippen LogP contribution in [0.4, 0.5) is 23.0 Å². The Bertz CT molecular complexity index is 826. The average Bonchev–Trinajstić information content (AvgIpc) is 2.59. The van der Waals surface area contributed by atoms with Gasteiger partial charge in [0.05, 0.1) is 9.85 Å². The second kappa shape index (κ2) is 7.63. The molecule has 0 radical (unpaired) electrons. The number of nitro groups is 2. The molecular weight excluding hydrogens is 334 g/mol. The van der Waals surface area contributed by atoms with Gasteiger partial charge in [-0.25, -0.2) is 9.97 Å². The van der Waals surface area contributed by atoms with Crippen molar-refractivity contribution >= 4 is 28.9 Å². The predicted molar refractivity (Wildman–Crippen MR) is 87.0 cm³/mol. The summed E-state index contributed by atoms with van der Waals surface area (Å²) in [4.78, 5) is 40.4. The van der Waals surface area contributed by atoms with Gasteiger partial charge in [-0.2, -0.15) is 0 Å². The largest absolute Gasteiger partial charge is 0.364 e. The van der Waals surface area contributed by atoms with Crippen LogP contribution in [0.5, 0.6) is 0 Å². The Kier molecular flexibility index (Phi) is 5.35. The fraction of sp³-hybridized carbons (Fsp3) is 0.154. The summed E-state index contributed by atoms with van der Waals surface area (Å²) in [6, 6.07) is 5.30. The second-order valence-electron chi connectivity index (χ2n) is 4.56. The van der Waals surface area contributed by atoms with E-state index in [2.05, 4.69) is 26.1 Å². The molecule has 1 amide bonds. The van der Waals surface area contributed by atoms with Crippen molar-refractivity contribution in [3.8, 4) is 0 Å². The molecule has 0 spiro atoms. The first-order valence-electron chi connectivity index (χ1n) is 6.98. The van der Waals surface area contributed by atoms with Crippen molar-refractivity contribution < 1.29 is 14.6 Å². The van der Waals surface area contributed by atoms with Crippen molar-refractivity contribution in [3.05, 3.63) is 56.4 Å². The summed E-state index contributed by atoms with van der Waals surface area (Å²) < 4.78 is 0.